The molecule has 94 valence electrons. The molecule has 0 amide bonds. The lowest BCUT2D eigenvalue weighted by atomic mass is 10.4. The third-order valence-corrected chi connectivity index (χ3v) is 2.12. The lowest BCUT2D eigenvalue weighted by Gasteiger charge is -2.01. The lowest BCUT2D eigenvalue weighted by Crippen LogP contribution is -2.09. The average Bonchev–Trinajstić information content (AvgIpc) is 2.73. The zero-order valence-electron chi connectivity index (χ0n) is 9.12. The zero-order valence-corrected chi connectivity index (χ0v) is 9.87. The van der Waals surface area contributed by atoms with Crippen LogP contribution in [-0.4, -0.2) is 36.0 Å². The maximum atomic E-state index is 10.5. The highest BCUT2D eigenvalue weighted by molar-refractivity contribution is 6.29. The number of carboxylic acid groups (broad SMARTS) is 1. The molecule has 9 heteroatoms. The van der Waals surface area contributed by atoms with E-state index in [0.717, 1.165) is 0 Å². The summed E-state index contributed by atoms with van der Waals surface area (Å²) in [6, 6.07) is 0. The summed E-state index contributed by atoms with van der Waals surface area (Å²) in [6.45, 7) is 0.138. The number of halogens is 1. The molecule has 0 unspecified atom stereocenters. The second-order valence-corrected chi connectivity index (χ2v) is 3.77. The monoisotopic (exact) mass is 268 g/mol. The molecule has 0 saturated carbocycles. The number of aromatic nitrogens is 5. The summed E-state index contributed by atoms with van der Waals surface area (Å²) >= 11 is 5.68. The number of hydrogen-bond donors (Lipinski definition) is 2. The van der Waals surface area contributed by atoms with Crippen LogP contribution in [0.15, 0.2) is 18.6 Å². The fourth-order valence-electron chi connectivity index (χ4n) is 1.24. The van der Waals surface area contributed by atoms with Crippen molar-refractivity contribution >= 4 is 23.4 Å². The normalized spacial score (nSPS) is 10.3. The van der Waals surface area contributed by atoms with Gasteiger partial charge in [-0.05, 0) is 0 Å². The van der Waals surface area contributed by atoms with Crippen LogP contribution in [-0.2, 0) is 17.9 Å². The molecule has 0 bridgehead atoms. The van der Waals surface area contributed by atoms with E-state index in [1.807, 2.05) is 0 Å². The molecule has 0 fully saturated rings. The number of aliphatic carboxylic acids is 1. The van der Waals surface area contributed by atoms with Crippen LogP contribution in [0.4, 0.5) is 5.82 Å². The smallest absolute Gasteiger partial charge is 0.325 e. The van der Waals surface area contributed by atoms with Gasteiger partial charge in [0.1, 0.15) is 23.2 Å². The third kappa shape index (κ3) is 3.39. The van der Waals surface area contributed by atoms with E-state index < -0.39 is 5.97 Å². The summed E-state index contributed by atoms with van der Waals surface area (Å²) in [5.41, 5.74) is 0.595. The maximum Gasteiger partial charge on any atom is 0.325 e. The Hall–Kier alpha value is -2.22. The number of anilines is 1. The molecule has 8 nitrogen and oxygen atoms in total. The largest absolute Gasteiger partial charge is 0.480 e. The van der Waals surface area contributed by atoms with Crippen molar-refractivity contribution < 1.29 is 9.90 Å². The van der Waals surface area contributed by atoms with E-state index in [1.165, 1.54) is 17.1 Å². The molecule has 0 aliphatic rings. The predicted octanol–water partition coefficient (Wildman–Crippen LogP) is 0.418. The van der Waals surface area contributed by atoms with Crippen LogP contribution in [0.5, 0.6) is 0 Å². The van der Waals surface area contributed by atoms with Gasteiger partial charge in [-0.15, -0.1) is 5.10 Å². The number of carboxylic acids is 1. The Bertz CT molecular complexity index is 557. The maximum absolute atomic E-state index is 10.5. The Morgan fingerprint density at radius 3 is 3.06 bits per heavy atom. The van der Waals surface area contributed by atoms with Gasteiger partial charge in [-0.25, -0.2) is 9.67 Å². The van der Waals surface area contributed by atoms with E-state index in [-0.39, 0.29) is 11.7 Å². The van der Waals surface area contributed by atoms with Crippen LogP contribution < -0.4 is 5.32 Å². The van der Waals surface area contributed by atoms with Crippen molar-refractivity contribution in [1.82, 2.24) is 25.0 Å². The topological polar surface area (TPSA) is 106 Å². The van der Waals surface area contributed by atoms with Crippen molar-refractivity contribution in [2.24, 2.45) is 0 Å². The standard InChI is InChI=1S/C9H9ClN6O2/c10-7-2-11-3-8(13-7)12-1-6-4-16(15-14-6)5-9(17)18/h2-4H,1,5H2,(H,12,13)(H,17,18). The summed E-state index contributed by atoms with van der Waals surface area (Å²) in [4.78, 5) is 18.3. The predicted molar refractivity (Wildman–Crippen MR) is 62.0 cm³/mol. The van der Waals surface area contributed by atoms with Gasteiger partial charge >= 0.3 is 5.97 Å². The van der Waals surface area contributed by atoms with Crippen LogP contribution in [0.2, 0.25) is 5.15 Å². The van der Waals surface area contributed by atoms with Gasteiger partial charge in [0.05, 0.1) is 25.1 Å². The Kier molecular flexibility index (Phi) is 3.68. The molecular weight excluding hydrogens is 260 g/mol. The Morgan fingerprint density at radius 1 is 1.50 bits per heavy atom. The number of nitrogens with one attached hydrogen (secondary N) is 1. The fourth-order valence-corrected chi connectivity index (χ4v) is 1.39. The first-order valence-electron chi connectivity index (χ1n) is 4.96. The second kappa shape index (κ2) is 5.41. The minimum atomic E-state index is -0.972. The first-order valence-corrected chi connectivity index (χ1v) is 5.33. The molecule has 2 aromatic rings. The second-order valence-electron chi connectivity index (χ2n) is 3.38. The van der Waals surface area contributed by atoms with E-state index in [9.17, 15) is 4.79 Å². The molecule has 0 aliphatic heterocycles. The Labute approximate surface area is 107 Å². The van der Waals surface area contributed by atoms with Crippen molar-refractivity contribution in [2.75, 3.05) is 5.32 Å². The van der Waals surface area contributed by atoms with E-state index in [4.69, 9.17) is 16.7 Å². The molecule has 0 atom stereocenters. The molecule has 0 aromatic carbocycles. The van der Waals surface area contributed by atoms with E-state index in [1.54, 1.807) is 6.20 Å². The van der Waals surface area contributed by atoms with Gasteiger partial charge in [0.15, 0.2) is 0 Å². The average molecular weight is 269 g/mol. The highest BCUT2D eigenvalue weighted by atomic mass is 35.5. The van der Waals surface area contributed by atoms with E-state index >= 15 is 0 Å². The summed E-state index contributed by atoms with van der Waals surface area (Å²) < 4.78 is 1.24. The van der Waals surface area contributed by atoms with Gasteiger partial charge in [-0.1, -0.05) is 16.8 Å². The molecule has 2 N–H and O–H groups in total. The number of hydrogen-bond acceptors (Lipinski definition) is 6. The molecule has 18 heavy (non-hydrogen) atoms. The van der Waals surface area contributed by atoms with Gasteiger partial charge < -0.3 is 10.4 Å². The molecule has 2 rings (SSSR count). The number of carbonyl (C=O) groups is 1. The van der Waals surface area contributed by atoms with Crippen molar-refractivity contribution in [3.05, 3.63) is 29.4 Å². The first-order chi connectivity index (χ1) is 8.63. The van der Waals surface area contributed by atoms with Crippen molar-refractivity contribution in [3.63, 3.8) is 0 Å². The van der Waals surface area contributed by atoms with Crippen LogP contribution in [0, 0.1) is 0 Å². The van der Waals surface area contributed by atoms with Gasteiger partial charge in [0.25, 0.3) is 0 Å². The number of rotatable bonds is 5. The minimum absolute atomic E-state index is 0.218. The van der Waals surface area contributed by atoms with Gasteiger partial charge in [-0.2, -0.15) is 0 Å². The van der Waals surface area contributed by atoms with Gasteiger partial charge in [-0.3, -0.25) is 9.78 Å². The van der Waals surface area contributed by atoms with Crippen molar-refractivity contribution in [1.29, 1.82) is 0 Å². The van der Waals surface area contributed by atoms with Gasteiger partial charge in [0, 0.05) is 0 Å². The van der Waals surface area contributed by atoms with E-state index in [2.05, 4.69) is 25.6 Å². The summed E-state index contributed by atoms with van der Waals surface area (Å²) in [5.74, 6) is -0.463. The molecule has 0 saturated heterocycles. The zero-order chi connectivity index (χ0) is 13.0. The molecular formula is C9H9ClN6O2. The van der Waals surface area contributed by atoms with Crippen LogP contribution in [0.3, 0.4) is 0 Å². The van der Waals surface area contributed by atoms with Crippen molar-refractivity contribution in [3.8, 4) is 0 Å². The minimum Gasteiger partial charge on any atom is -0.480 e. The first kappa shape index (κ1) is 12.2. The van der Waals surface area contributed by atoms with Gasteiger partial charge in [0.2, 0.25) is 0 Å². The fraction of sp³-hybridized carbons (Fsp3) is 0.222. The SMILES string of the molecule is O=C(O)Cn1cc(CNc2cncc(Cl)n2)nn1. The quantitative estimate of drug-likeness (QED) is 0.809. The molecule has 0 radical (unpaired) electrons. The van der Waals surface area contributed by atoms with Crippen molar-refractivity contribution in [2.45, 2.75) is 13.1 Å². The van der Waals surface area contributed by atoms with E-state index in [0.29, 0.717) is 18.1 Å². The van der Waals surface area contributed by atoms with Crippen LogP contribution in [0.1, 0.15) is 5.69 Å². The Balaban J connectivity index is 1.94. The summed E-state index contributed by atoms with van der Waals surface area (Å²) in [6.07, 6.45) is 4.49. The molecule has 0 aliphatic carbocycles. The highest BCUT2D eigenvalue weighted by Gasteiger charge is 2.04. The third-order valence-electron chi connectivity index (χ3n) is 1.94. The Morgan fingerprint density at radius 2 is 2.33 bits per heavy atom. The van der Waals surface area contributed by atoms with Crippen LogP contribution in [0.25, 0.3) is 0 Å². The molecule has 0 spiro atoms. The molecule has 2 aromatic heterocycles. The summed E-state index contributed by atoms with van der Waals surface area (Å²) in [5, 5.41) is 19.3. The lowest BCUT2D eigenvalue weighted by molar-refractivity contribution is -0.137. The van der Waals surface area contributed by atoms with Crippen LogP contribution >= 0.6 is 11.6 Å². The highest BCUT2D eigenvalue weighted by Crippen LogP contribution is 2.07. The summed E-state index contributed by atoms with van der Waals surface area (Å²) in [7, 11) is 0. The number of nitrogens with zero attached hydrogens (tertiary/aromatic N) is 5. The molecule has 2 heterocycles.